The summed E-state index contributed by atoms with van der Waals surface area (Å²) < 4.78 is 59.2. The number of fused-ring (bicyclic) bond motifs is 3. The lowest BCUT2D eigenvalue weighted by Crippen LogP contribution is -1.97. The molecule has 0 spiro atoms. The van der Waals surface area contributed by atoms with E-state index in [0.29, 0.717) is 27.5 Å². The van der Waals surface area contributed by atoms with E-state index >= 15 is 0 Å². The fourth-order valence-corrected chi connectivity index (χ4v) is 2.69. The highest BCUT2D eigenvalue weighted by Crippen LogP contribution is 2.31. The van der Waals surface area contributed by atoms with Crippen LogP contribution in [0.25, 0.3) is 21.9 Å². The van der Waals surface area contributed by atoms with Gasteiger partial charge in [-0.3, -0.25) is 0 Å². The summed E-state index contributed by atoms with van der Waals surface area (Å²) in [6.07, 6.45) is 1.38. The van der Waals surface area contributed by atoms with Crippen LogP contribution < -0.4 is 0 Å². The minimum absolute atomic E-state index is 0.0766. The molecule has 119 valence electrons. The molecular weight excluding hydrogens is 320 g/mol. The van der Waals surface area contributed by atoms with Gasteiger partial charge in [0.2, 0.25) is 0 Å². The van der Waals surface area contributed by atoms with Crippen LogP contribution in [0.5, 0.6) is 0 Å². The number of halogens is 4. The first-order valence-corrected chi connectivity index (χ1v) is 7.13. The van der Waals surface area contributed by atoms with Gasteiger partial charge < -0.3 is 4.42 Å². The van der Waals surface area contributed by atoms with Gasteiger partial charge in [-0.05, 0) is 47.5 Å². The number of furan rings is 1. The SMILES string of the molecule is Fc1ccc2oc3ccc([CH]c4ccc(F)c(F)c4F)cc3c2c1. The van der Waals surface area contributed by atoms with Crippen LogP contribution in [-0.2, 0) is 0 Å². The summed E-state index contributed by atoms with van der Waals surface area (Å²) in [7, 11) is 0. The molecule has 0 aliphatic heterocycles. The zero-order chi connectivity index (χ0) is 16.8. The lowest BCUT2D eigenvalue weighted by Gasteiger charge is -2.05. The molecule has 1 heterocycles. The molecule has 0 aliphatic rings. The van der Waals surface area contributed by atoms with Gasteiger partial charge in [-0.15, -0.1) is 0 Å². The van der Waals surface area contributed by atoms with Crippen LogP contribution in [0.4, 0.5) is 17.6 Å². The summed E-state index contributed by atoms with van der Waals surface area (Å²) in [6.45, 7) is 0. The first-order chi connectivity index (χ1) is 11.5. The van der Waals surface area contributed by atoms with E-state index in [1.165, 1.54) is 24.6 Å². The molecule has 0 amide bonds. The van der Waals surface area contributed by atoms with Crippen molar-refractivity contribution in [1.29, 1.82) is 0 Å². The summed E-state index contributed by atoms with van der Waals surface area (Å²) in [5.74, 6) is -4.40. The smallest absolute Gasteiger partial charge is 0.194 e. The summed E-state index contributed by atoms with van der Waals surface area (Å²) in [6, 6.07) is 11.2. The Morgan fingerprint density at radius 2 is 1.42 bits per heavy atom. The first-order valence-electron chi connectivity index (χ1n) is 7.13. The van der Waals surface area contributed by atoms with Gasteiger partial charge in [0.25, 0.3) is 0 Å². The second kappa shape index (κ2) is 5.37. The molecule has 3 aromatic carbocycles. The van der Waals surface area contributed by atoms with E-state index in [2.05, 4.69) is 0 Å². The van der Waals surface area contributed by atoms with Gasteiger partial charge >= 0.3 is 0 Å². The van der Waals surface area contributed by atoms with E-state index in [1.54, 1.807) is 18.2 Å². The number of hydrogen-bond acceptors (Lipinski definition) is 1. The monoisotopic (exact) mass is 329 g/mol. The Labute approximate surface area is 134 Å². The highest BCUT2D eigenvalue weighted by Gasteiger charge is 2.15. The Morgan fingerprint density at radius 3 is 2.21 bits per heavy atom. The van der Waals surface area contributed by atoms with Crippen molar-refractivity contribution in [1.82, 2.24) is 0 Å². The highest BCUT2D eigenvalue weighted by atomic mass is 19.2. The van der Waals surface area contributed by atoms with Crippen molar-refractivity contribution < 1.29 is 22.0 Å². The first kappa shape index (κ1) is 14.8. The molecule has 1 nitrogen and oxygen atoms in total. The molecule has 4 aromatic rings. The van der Waals surface area contributed by atoms with Crippen molar-refractivity contribution in [2.75, 3.05) is 0 Å². The van der Waals surface area contributed by atoms with E-state index in [4.69, 9.17) is 4.42 Å². The Bertz CT molecular complexity index is 1080. The standard InChI is InChI=1S/C19H9F4O/c20-12-3-6-17-14(9-12)13-8-10(1-5-16(13)24-17)7-11-2-4-15(21)19(23)18(11)22/h1-9H. The molecule has 24 heavy (non-hydrogen) atoms. The van der Waals surface area contributed by atoms with Crippen LogP contribution >= 0.6 is 0 Å². The van der Waals surface area contributed by atoms with Crippen molar-refractivity contribution in [3.63, 3.8) is 0 Å². The highest BCUT2D eigenvalue weighted by molar-refractivity contribution is 6.05. The van der Waals surface area contributed by atoms with Gasteiger partial charge in [0.05, 0.1) is 0 Å². The van der Waals surface area contributed by atoms with Crippen molar-refractivity contribution in [2.45, 2.75) is 0 Å². The molecule has 4 rings (SSSR count). The van der Waals surface area contributed by atoms with E-state index < -0.39 is 23.3 Å². The Hall–Kier alpha value is -2.82. The van der Waals surface area contributed by atoms with Gasteiger partial charge in [0.1, 0.15) is 17.0 Å². The Kier molecular flexibility index (Phi) is 3.30. The summed E-state index contributed by atoms with van der Waals surface area (Å²) in [5, 5.41) is 1.24. The van der Waals surface area contributed by atoms with Crippen LogP contribution in [0, 0.1) is 29.7 Å². The lowest BCUT2D eigenvalue weighted by molar-refractivity contribution is 0.444. The van der Waals surface area contributed by atoms with Gasteiger partial charge in [0, 0.05) is 17.2 Å². The number of rotatable bonds is 2. The second-order valence-corrected chi connectivity index (χ2v) is 5.41. The molecular formula is C19H9F4O. The molecule has 0 bridgehead atoms. The molecule has 0 aliphatic carbocycles. The molecule has 1 aromatic heterocycles. The molecule has 0 unspecified atom stereocenters. The van der Waals surface area contributed by atoms with Gasteiger partial charge in [-0.25, -0.2) is 17.6 Å². The summed E-state index contributed by atoms with van der Waals surface area (Å²) >= 11 is 0. The normalized spacial score (nSPS) is 11.5. The Morgan fingerprint density at radius 1 is 0.708 bits per heavy atom. The maximum absolute atomic E-state index is 13.8. The van der Waals surface area contributed by atoms with Crippen molar-refractivity contribution in [3.8, 4) is 0 Å². The van der Waals surface area contributed by atoms with Crippen molar-refractivity contribution >= 4 is 21.9 Å². The van der Waals surface area contributed by atoms with Gasteiger partial charge in [-0.2, -0.15) is 0 Å². The third-order valence-corrected chi connectivity index (χ3v) is 3.84. The van der Waals surface area contributed by atoms with Gasteiger partial charge in [-0.1, -0.05) is 12.1 Å². The molecule has 0 fully saturated rings. The average Bonchev–Trinajstić information content (AvgIpc) is 2.93. The average molecular weight is 329 g/mol. The third-order valence-electron chi connectivity index (χ3n) is 3.84. The van der Waals surface area contributed by atoms with Crippen LogP contribution in [0.2, 0.25) is 0 Å². The molecule has 1 radical (unpaired) electrons. The largest absolute Gasteiger partial charge is 0.456 e. The molecule has 5 heteroatoms. The minimum Gasteiger partial charge on any atom is -0.456 e. The van der Waals surface area contributed by atoms with Crippen LogP contribution in [-0.4, -0.2) is 0 Å². The van der Waals surface area contributed by atoms with Crippen molar-refractivity contribution in [3.05, 3.63) is 89.3 Å². The van der Waals surface area contributed by atoms with Crippen LogP contribution in [0.3, 0.4) is 0 Å². The Balaban J connectivity index is 1.82. The maximum Gasteiger partial charge on any atom is 0.194 e. The zero-order valence-electron chi connectivity index (χ0n) is 12.1. The van der Waals surface area contributed by atoms with E-state index in [0.717, 1.165) is 12.1 Å². The predicted octanol–water partition coefficient (Wildman–Crippen LogP) is 5.74. The fourth-order valence-electron chi connectivity index (χ4n) is 2.69. The van der Waals surface area contributed by atoms with Gasteiger partial charge in [0.15, 0.2) is 17.5 Å². The van der Waals surface area contributed by atoms with E-state index in [-0.39, 0.29) is 5.56 Å². The van der Waals surface area contributed by atoms with Crippen LogP contribution in [0.15, 0.2) is 52.9 Å². The quantitative estimate of drug-likeness (QED) is 0.337. The minimum atomic E-state index is -1.51. The topological polar surface area (TPSA) is 13.1 Å². The lowest BCUT2D eigenvalue weighted by atomic mass is 10.0. The third kappa shape index (κ3) is 2.33. The molecule has 0 saturated heterocycles. The molecule has 0 saturated carbocycles. The van der Waals surface area contributed by atoms with Crippen LogP contribution in [0.1, 0.15) is 11.1 Å². The van der Waals surface area contributed by atoms with E-state index in [9.17, 15) is 17.6 Å². The maximum atomic E-state index is 13.8. The molecule has 0 N–H and O–H groups in total. The number of hydrogen-bond donors (Lipinski definition) is 0. The zero-order valence-corrected chi connectivity index (χ0v) is 12.1. The molecule has 0 atom stereocenters. The fraction of sp³-hybridized carbons (Fsp3) is 0. The predicted molar refractivity (Wildman–Crippen MR) is 82.5 cm³/mol. The summed E-state index contributed by atoms with van der Waals surface area (Å²) in [4.78, 5) is 0. The summed E-state index contributed by atoms with van der Waals surface area (Å²) in [5.41, 5.74) is 1.56. The second-order valence-electron chi connectivity index (χ2n) is 5.41. The van der Waals surface area contributed by atoms with E-state index in [1.807, 2.05) is 0 Å². The van der Waals surface area contributed by atoms with Crippen molar-refractivity contribution in [2.24, 2.45) is 0 Å². The number of benzene rings is 3.